The molecule has 0 bridgehead atoms. The molecule has 1 aliphatic heterocycles. The summed E-state index contributed by atoms with van der Waals surface area (Å²) in [4.78, 5) is 26.1. The van der Waals surface area contributed by atoms with Crippen molar-refractivity contribution in [2.45, 2.75) is 51.5 Å². The standard InChI is InChI=1S/C18H29N5O/c1-14-16(17(24)21-15-7-5-3-4-6-8-15)13-19-18(20-14)23-11-9-22(2)10-12-23/h13,15H,3-12H2,1-2H3,(H,21,24). The third-order valence-corrected chi connectivity index (χ3v) is 5.19. The molecule has 1 aliphatic carbocycles. The molecule has 1 aromatic rings. The lowest BCUT2D eigenvalue weighted by atomic mass is 10.1. The van der Waals surface area contributed by atoms with Crippen LogP contribution in [0.4, 0.5) is 5.95 Å². The summed E-state index contributed by atoms with van der Waals surface area (Å²) in [6.45, 7) is 5.81. The van der Waals surface area contributed by atoms with Crippen molar-refractivity contribution < 1.29 is 4.79 Å². The van der Waals surface area contributed by atoms with Crippen molar-refractivity contribution in [1.29, 1.82) is 0 Å². The van der Waals surface area contributed by atoms with E-state index in [1.165, 1.54) is 25.7 Å². The normalized spacial score (nSPS) is 20.7. The van der Waals surface area contributed by atoms with E-state index in [0.29, 0.717) is 11.6 Å². The first-order valence-electron chi connectivity index (χ1n) is 9.21. The van der Waals surface area contributed by atoms with Gasteiger partial charge in [0.2, 0.25) is 5.95 Å². The van der Waals surface area contributed by atoms with Crippen LogP contribution >= 0.6 is 0 Å². The van der Waals surface area contributed by atoms with Crippen LogP contribution in [0, 0.1) is 6.92 Å². The molecule has 1 amide bonds. The Morgan fingerprint density at radius 3 is 2.42 bits per heavy atom. The molecule has 0 atom stereocenters. The van der Waals surface area contributed by atoms with E-state index in [4.69, 9.17) is 0 Å². The molecule has 2 heterocycles. The first-order chi connectivity index (χ1) is 11.6. The van der Waals surface area contributed by atoms with Crippen molar-refractivity contribution in [2.24, 2.45) is 0 Å². The van der Waals surface area contributed by atoms with Gasteiger partial charge in [0.25, 0.3) is 5.91 Å². The number of hydrogen-bond donors (Lipinski definition) is 1. The third kappa shape index (κ3) is 4.23. The Kier molecular flexibility index (Phi) is 5.66. The van der Waals surface area contributed by atoms with E-state index in [1.54, 1.807) is 6.20 Å². The summed E-state index contributed by atoms with van der Waals surface area (Å²) in [5, 5.41) is 3.18. The van der Waals surface area contributed by atoms with Gasteiger partial charge in [-0.05, 0) is 26.8 Å². The first kappa shape index (κ1) is 17.1. The molecule has 0 spiro atoms. The van der Waals surface area contributed by atoms with Gasteiger partial charge < -0.3 is 15.1 Å². The smallest absolute Gasteiger partial charge is 0.254 e. The van der Waals surface area contributed by atoms with Crippen molar-refractivity contribution in [3.8, 4) is 0 Å². The van der Waals surface area contributed by atoms with E-state index in [-0.39, 0.29) is 5.91 Å². The molecule has 0 aromatic carbocycles. The van der Waals surface area contributed by atoms with Crippen LogP contribution in [0.3, 0.4) is 0 Å². The molecule has 1 saturated carbocycles. The number of amides is 1. The molecule has 2 aliphatic rings. The second-order valence-electron chi connectivity index (χ2n) is 7.12. The quantitative estimate of drug-likeness (QED) is 0.858. The predicted molar refractivity (Wildman–Crippen MR) is 95.4 cm³/mol. The highest BCUT2D eigenvalue weighted by Crippen LogP contribution is 2.18. The minimum Gasteiger partial charge on any atom is -0.349 e. The number of nitrogens with one attached hydrogen (secondary N) is 1. The fourth-order valence-electron chi connectivity index (χ4n) is 3.52. The molecule has 3 rings (SSSR count). The minimum absolute atomic E-state index is 0.0238. The number of rotatable bonds is 3. The van der Waals surface area contributed by atoms with Crippen LogP contribution < -0.4 is 10.2 Å². The average Bonchev–Trinajstić information content (AvgIpc) is 2.84. The van der Waals surface area contributed by atoms with Gasteiger partial charge >= 0.3 is 0 Å². The summed E-state index contributed by atoms with van der Waals surface area (Å²) < 4.78 is 0. The molecule has 6 nitrogen and oxygen atoms in total. The maximum Gasteiger partial charge on any atom is 0.254 e. The predicted octanol–water partition coefficient (Wildman–Crippen LogP) is 1.99. The van der Waals surface area contributed by atoms with Gasteiger partial charge in [-0.3, -0.25) is 4.79 Å². The van der Waals surface area contributed by atoms with E-state index in [0.717, 1.165) is 50.7 Å². The molecule has 1 N–H and O–H groups in total. The fraction of sp³-hybridized carbons (Fsp3) is 0.722. The maximum atomic E-state index is 12.6. The highest BCUT2D eigenvalue weighted by molar-refractivity contribution is 5.95. The lowest BCUT2D eigenvalue weighted by Crippen LogP contribution is -2.45. The Hall–Kier alpha value is -1.69. The highest BCUT2D eigenvalue weighted by Gasteiger charge is 2.20. The Morgan fingerprint density at radius 2 is 1.79 bits per heavy atom. The van der Waals surface area contributed by atoms with E-state index in [2.05, 4.69) is 32.1 Å². The van der Waals surface area contributed by atoms with Gasteiger partial charge in [0, 0.05) is 38.4 Å². The Balaban J connectivity index is 1.64. The molecule has 6 heteroatoms. The van der Waals surface area contributed by atoms with Crippen molar-refractivity contribution in [1.82, 2.24) is 20.2 Å². The summed E-state index contributed by atoms with van der Waals surface area (Å²) in [7, 11) is 2.13. The van der Waals surface area contributed by atoms with E-state index < -0.39 is 0 Å². The van der Waals surface area contributed by atoms with Crippen molar-refractivity contribution >= 4 is 11.9 Å². The maximum absolute atomic E-state index is 12.6. The zero-order valence-corrected chi connectivity index (χ0v) is 14.9. The Morgan fingerprint density at radius 1 is 1.12 bits per heavy atom. The van der Waals surface area contributed by atoms with Crippen LogP contribution in [0.5, 0.6) is 0 Å². The molecular weight excluding hydrogens is 302 g/mol. The second kappa shape index (κ2) is 7.92. The summed E-state index contributed by atoms with van der Waals surface area (Å²) in [5.41, 5.74) is 1.38. The minimum atomic E-state index is -0.0238. The van der Waals surface area contributed by atoms with Gasteiger partial charge in [-0.1, -0.05) is 25.7 Å². The Bertz CT molecular complexity index is 561. The molecule has 24 heavy (non-hydrogen) atoms. The van der Waals surface area contributed by atoms with Gasteiger partial charge in [0.1, 0.15) is 0 Å². The fourth-order valence-corrected chi connectivity index (χ4v) is 3.52. The van der Waals surface area contributed by atoms with Crippen molar-refractivity contribution in [3.63, 3.8) is 0 Å². The van der Waals surface area contributed by atoms with Crippen LogP contribution in [0.25, 0.3) is 0 Å². The average molecular weight is 331 g/mol. The molecule has 2 fully saturated rings. The van der Waals surface area contributed by atoms with E-state index in [1.807, 2.05) is 6.92 Å². The van der Waals surface area contributed by atoms with Crippen LogP contribution in [0.2, 0.25) is 0 Å². The van der Waals surface area contributed by atoms with Crippen LogP contribution in [-0.4, -0.2) is 60.0 Å². The Labute approximate surface area is 144 Å². The summed E-state index contributed by atoms with van der Waals surface area (Å²) >= 11 is 0. The molecule has 1 aromatic heterocycles. The first-order valence-corrected chi connectivity index (χ1v) is 9.21. The third-order valence-electron chi connectivity index (χ3n) is 5.19. The summed E-state index contributed by atoms with van der Waals surface area (Å²) in [6, 6.07) is 0.303. The van der Waals surface area contributed by atoms with Crippen LogP contribution in [-0.2, 0) is 0 Å². The monoisotopic (exact) mass is 331 g/mol. The lowest BCUT2D eigenvalue weighted by Gasteiger charge is -2.32. The number of piperazine rings is 1. The summed E-state index contributed by atoms with van der Waals surface area (Å²) in [6.07, 6.45) is 8.87. The number of aromatic nitrogens is 2. The largest absolute Gasteiger partial charge is 0.349 e. The number of nitrogens with zero attached hydrogens (tertiary/aromatic N) is 4. The van der Waals surface area contributed by atoms with Crippen LogP contribution in [0.15, 0.2) is 6.20 Å². The van der Waals surface area contributed by atoms with Gasteiger partial charge in [-0.2, -0.15) is 0 Å². The number of hydrogen-bond acceptors (Lipinski definition) is 5. The zero-order valence-electron chi connectivity index (χ0n) is 14.9. The molecule has 132 valence electrons. The van der Waals surface area contributed by atoms with Crippen molar-refractivity contribution in [3.05, 3.63) is 17.5 Å². The van der Waals surface area contributed by atoms with E-state index in [9.17, 15) is 4.79 Å². The van der Waals surface area contributed by atoms with Gasteiger partial charge in [0.05, 0.1) is 11.3 Å². The molecular formula is C18H29N5O. The van der Waals surface area contributed by atoms with Crippen molar-refractivity contribution in [2.75, 3.05) is 38.1 Å². The number of anilines is 1. The van der Waals surface area contributed by atoms with Gasteiger partial charge in [0.15, 0.2) is 0 Å². The highest BCUT2D eigenvalue weighted by atomic mass is 16.1. The molecule has 0 radical (unpaired) electrons. The molecule has 0 unspecified atom stereocenters. The molecule has 1 saturated heterocycles. The number of carbonyl (C=O) groups is 1. The summed E-state index contributed by atoms with van der Waals surface area (Å²) in [5.74, 6) is 0.718. The number of carbonyl (C=O) groups excluding carboxylic acids is 1. The number of likely N-dealkylation sites (N-methyl/N-ethyl adjacent to an activating group) is 1. The van der Waals surface area contributed by atoms with Gasteiger partial charge in [-0.15, -0.1) is 0 Å². The van der Waals surface area contributed by atoms with Crippen LogP contribution in [0.1, 0.15) is 54.6 Å². The lowest BCUT2D eigenvalue weighted by molar-refractivity contribution is 0.0932. The second-order valence-corrected chi connectivity index (χ2v) is 7.12. The van der Waals surface area contributed by atoms with Gasteiger partial charge in [-0.25, -0.2) is 9.97 Å². The topological polar surface area (TPSA) is 61.4 Å². The van der Waals surface area contributed by atoms with E-state index >= 15 is 0 Å². The zero-order chi connectivity index (χ0) is 16.9. The SMILES string of the molecule is Cc1nc(N2CCN(C)CC2)ncc1C(=O)NC1CCCCCC1. The number of aryl methyl sites for hydroxylation is 1.